The molecule has 2 aliphatic rings. The molecule has 2 saturated heterocycles. The largest absolute Gasteiger partial charge is 0.469 e. The first-order chi connectivity index (χ1) is 12.1. The molecule has 1 N–H and O–H groups in total. The fraction of sp³-hybridized carbons (Fsp3) is 0.750. The zero-order chi connectivity index (χ0) is 17.7. The number of rotatable bonds is 7. The Morgan fingerprint density at radius 2 is 2.20 bits per heavy atom. The SMILES string of the molecule is CCCN1CC2(CCN(C)CC2)C[C@@H]1C(=O)NCCCc1ccco1. The van der Waals surface area contributed by atoms with Crippen molar-refractivity contribution in [3.63, 3.8) is 0 Å². The summed E-state index contributed by atoms with van der Waals surface area (Å²) in [6.45, 7) is 7.39. The van der Waals surface area contributed by atoms with Crippen LogP contribution in [0.2, 0.25) is 0 Å². The second kappa shape index (κ2) is 8.37. The van der Waals surface area contributed by atoms with Crippen LogP contribution in [0.25, 0.3) is 0 Å². The topological polar surface area (TPSA) is 48.7 Å². The lowest BCUT2D eigenvalue weighted by molar-refractivity contribution is -0.125. The molecule has 3 rings (SSSR count). The van der Waals surface area contributed by atoms with E-state index >= 15 is 0 Å². The molecule has 5 heteroatoms. The van der Waals surface area contributed by atoms with E-state index in [1.807, 2.05) is 12.1 Å². The summed E-state index contributed by atoms with van der Waals surface area (Å²) in [5, 5.41) is 3.17. The number of nitrogens with one attached hydrogen (secondary N) is 1. The summed E-state index contributed by atoms with van der Waals surface area (Å²) in [6, 6.07) is 3.97. The van der Waals surface area contributed by atoms with Gasteiger partial charge in [0.1, 0.15) is 5.76 Å². The number of carbonyl (C=O) groups excluding carboxylic acids is 1. The molecule has 2 aliphatic heterocycles. The van der Waals surface area contributed by atoms with E-state index in [-0.39, 0.29) is 11.9 Å². The zero-order valence-corrected chi connectivity index (χ0v) is 15.8. The molecule has 0 bridgehead atoms. The van der Waals surface area contributed by atoms with Gasteiger partial charge in [0.05, 0.1) is 12.3 Å². The third-order valence-corrected chi connectivity index (χ3v) is 5.95. The first kappa shape index (κ1) is 18.5. The molecule has 1 aromatic heterocycles. The van der Waals surface area contributed by atoms with Gasteiger partial charge in [-0.25, -0.2) is 0 Å². The van der Waals surface area contributed by atoms with Crippen molar-refractivity contribution in [3.8, 4) is 0 Å². The van der Waals surface area contributed by atoms with Crippen molar-refractivity contribution in [1.82, 2.24) is 15.1 Å². The van der Waals surface area contributed by atoms with Crippen molar-refractivity contribution in [2.24, 2.45) is 5.41 Å². The van der Waals surface area contributed by atoms with Gasteiger partial charge in [-0.3, -0.25) is 9.69 Å². The number of nitrogens with zero attached hydrogens (tertiary/aromatic N) is 2. The van der Waals surface area contributed by atoms with Crippen LogP contribution in [0.3, 0.4) is 0 Å². The Balaban J connectivity index is 1.50. The van der Waals surface area contributed by atoms with E-state index in [4.69, 9.17) is 4.42 Å². The quantitative estimate of drug-likeness (QED) is 0.770. The van der Waals surface area contributed by atoms with Crippen LogP contribution in [0.15, 0.2) is 22.8 Å². The molecule has 1 atom stereocenters. The second-order valence-electron chi connectivity index (χ2n) is 7.97. The molecule has 0 unspecified atom stereocenters. The summed E-state index contributed by atoms with van der Waals surface area (Å²) < 4.78 is 5.35. The highest BCUT2D eigenvalue weighted by molar-refractivity contribution is 5.82. The smallest absolute Gasteiger partial charge is 0.237 e. The minimum Gasteiger partial charge on any atom is -0.469 e. The number of hydrogen-bond acceptors (Lipinski definition) is 4. The Labute approximate surface area is 151 Å². The van der Waals surface area contributed by atoms with Gasteiger partial charge < -0.3 is 14.6 Å². The van der Waals surface area contributed by atoms with E-state index in [1.54, 1.807) is 6.26 Å². The highest BCUT2D eigenvalue weighted by Gasteiger charge is 2.47. The lowest BCUT2D eigenvalue weighted by Gasteiger charge is -2.37. The molecule has 0 aromatic carbocycles. The van der Waals surface area contributed by atoms with E-state index in [0.717, 1.165) is 64.2 Å². The molecule has 1 aromatic rings. The number of aryl methyl sites for hydroxylation is 1. The molecular weight excluding hydrogens is 314 g/mol. The standard InChI is InChI=1S/C20H33N3O2/c1-3-11-23-16-20(8-12-22(2)13-9-20)15-18(23)19(24)21-10-4-6-17-7-5-14-25-17/h5,7,14,18H,3-4,6,8-13,15-16H2,1-2H3,(H,21,24)/t18-/m1/s1. The van der Waals surface area contributed by atoms with Crippen LogP contribution in [0.1, 0.15) is 44.8 Å². The predicted molar refractivity (Wildman–Crippen MR) is 99.5 cm³/mol. The minimum absolute atomic E-state index is 0.0620. The average molecular weight is 348 g/mol. The maximum Gasteiger partial charge on any atom is 0.237 e. The van der Waals surface area contributed by atoms with Gasteiger partial charge in [0.2, 0.25) is 5.91 Å². The molecule has 25 heavy (non-hydrogen) atoms. The van der Waals surface area contributed by atoms with Gasteiger partial charge in [0.25, 0.3) is 0 Å². The Hall–Kier alpha value is -1.33. The van der Waals surface area contributed by atoms with Crippen LogP contribution < -0.4 is 5.32 Å². The molecule has 2 fully saturated rings. The van der Waals surface area contributed by atoms with Crippen molar-refractivity contribution in [2.75, 3.05) is 39.8 Å². The van der Waals surface area contributed by atoms with E-state index in [0.29, 0.717) is 5.41 Å². The normalized spacial score (nSPS) is 24.0. The zero-order valence-electron chi connectivity index (χ0n) is 15.8. The van der Waals surface area contributed by atoms with Gasteiger partial charge in [0.15, 0.2) is 0 Å². The number of piperidine rings is 1. The summed E-state index contributed by atoms with van der Waals surface area (Å²) >= 11 is 0. The first-order valence-electron chi connectivity index (χ1n) is 9.84. The van der Waals surface area contributed by atoms with Gasteiger partial charge in [-0.15, -0.1) is 0 Å². The monoisotopic (exact) mass is 347 g/mol. The summed E-state index contributed by atoms with van der Waals surface area (Å²) in [6.07, 6.45) is 8.11. The van der Waals surface area contributed by atoms with Gasteiger partial charge in [0, 0.05) is 19.5 Å². The number of amides is 1. The molecule has 5 nitrogen and oxygen atoms in total. The summed E-state index contributed by atoms with van der Waals surface area (Å²) in [5.74, 6) is 1.22. The fourth-order valence-corrected chi connectivity index (χ4v) is 4.43. The molecule has 0 radical (unpaired) electrons. The number of hydrogen-bond donors (Lipinski definition) is 1. The van der Waals surface area contributed by atoms with E-state index < -0.39 is 0 Å². The molecular formula is C20H33N3O2. The van der Waals surface area contributed by atoms with Crippen LogP contribution in [0.5, 0.6) is 0 Å². The van der Waals surface area contributed by atoms with Crippen molar-refractivity contribution < 1.29 is 9.21 Å². The Bertz CT molecular complexity index is 535. The Kier molecular flexibility index (Phi) is 6.18. The highest BCUT2D eigenvalue weighted by Crippen LogP contribution is 2.43. The predicted octanol–water partition coefficient (Wildman–Crippen LogP) is 2.52. The first-order valence-corrected chi connectivity index (χ1v) is 9.84. The van der Waals surface area contributed by atoms with Crippen LogP contribution in [-0.4, -0.2) is 61.5 Å². The van der Waals surface area contributed by atoms with E-state index in [2.05, 4.69) is 29.1 Å². The molecule has 3 heterocycles. The highest BCUT2D eigenvalue weighted by atomic mass is 16.3. The molecule has 1 spiro atoms. The third kappa shape index (κ3) is 4.64. The molecule has 0 aliphatic carbocycles. The molecule has 0 saturated carbocycles. The lowest BCUT2D eigenvalue weighted by Crippen LogP contribution is -2.43. The van der Waals surface area contributed by atoms with Crippen molar-refractivity contribution in [2.45, 2.75) is 51.5 Å². The van der Waals surface area contributed by atoms with Crippen molar-refractivity contribution in [1.29, 1.82) is 0 Å². The maximum absolute atomic E-state index is 12.8. The average Bonchev–Trinajstić information content (AvgIpc) is 3.23. The number of carbonyl (C=O) groups is 1. The van der Waals surface area contributed by atoms with Gasteiger partial charge in [-0.05, 0) is 76.3 Å². The van der Waals surface area contributed by atoms with Crippen LogP contribution >= 0.6 is 0 Å². The second-order valence-corrected chi connectivity index (χ2v) is 7.97. The lowest BCUT2D eigenvalue weighted by atomic mass is 9.76. The Morgan fingerprint density at radius 3 is 2.88 bits per heavy atom. The van der Waals surface area contributed by atoms with Gasteiger partial charge in [-0.1, -0.05) is 6.92 Å². The summed E-state index contributed by atoms with van der Waals surface area (Å²) in [5.41, 5.74) is 0.359. The third-order valence-electron chi connectivity index (χ3n) is 5.95. The van der Waals surface area contributed by atoms with Crippen LogP contribution in [-0.2, 0) is 11.2 Å². The van der Waals surface area contributed by atoms with Crippen molar-refractivity contribution in [3.05, 3.63) is 24.2 Å². The Morgan fingerprint density at radius 1 is 1.40 bits per heavy atom. The van der Waals surface area contributed by atoms with Gasteiger partial charge in [-0.2, -0.15) is 0 Å². The minimum atomic E-state index is 0.0620. The van der Waals surface area contributed by atoms with E-state index in [1.165, 1.54) is 12.8 Å². The van der Waals surface area contributed by atoms with E-state index in [9.17, 15) is 4.79 Å². The summed E-state index contributed by atoms with van der Waals surface area (Å²) in [4.78, 5) is 17.6. The van der Waals surface area contributed by atoms with Crippen molar-refractivity contribution >= 4 is 5.91 Å². The van der Waals surface area contributed by atoms with Crippen LogP contribution in [0, 0.1) is 5.41 Å². The number of likely N-dealkylation sites (tertiary alicyclic amines) is 2. The maximum atomic E-state index is 12.8. The summed E-state index contributed by atoms with van der Waals surface area (Å²) in [7, 11) is 2.20. The van der Waals surface area contributed by atoms with Crippen LogP contribution in [0.4, 0.5) is 0 Å². The molecule has 140 valence electrons. The fourth-order valence-electron chi connectivity index (χ4n) is 4.43. The molecule has 1 amide bonds. The number of furan rings is 1. The van der Waals surface area contributed by atoms with Gasteiger partial charge >= 0.3 is 0 Å².